The van der Waals surface area contributed by atoms with Crippen molar-refractivity contribution in [2.75, 3.05) is 11.9 Å². The van der Waals surface area contributed by atoms with Gasteiger partial charge in [0.2, 0.25) is 0 Å². The number of hydrogen-bond donors (Lipinski definition) is 2. The van der Waals surface area contributed by atoms with Gasteiger partial charge in [0.05, 0.1) is 0 Å². The van der Waals surface area contributed by atoms with E-state index in [2.05, 4.69) is 69.3 Å². The fourth-order valence-corrected chi connectivity index (χ4v) is 2.42. The van der Waals surface area contributed by atoms with Crippen LogP contribution in [0.15, 0.2) is 18.3 Å². The number of aromatic nitrogens is 1. The Labute approximate surface area is 124 Å². The second kappa shape index (κ2) is 8.25. The van der Waals surface area contributed by atoms with Crippen molar-refractivity contribution >= 4 is 5.82 Å². The van der Waals surface area contributed by atoms with Gasteiger partial charge in [0.25, 0.3) is 0 Å². The average Bonchev–Trinajstić information content (AvgIpc) is 2.37. The van der Waals surface area contributed by atoms with Crippen LogP contribution < -0.4 is 10.6 Å². The Balaban J connectivity index is 2.48. The largest absolute Gasteiger partial charge is 0.370 e. The lowest BCUT2D eigenvalue weighted by Gasteiger charge is -2.25. The fraction of sp³-hybridized carbons (Fsp3) is 0.706. The van der Waals surface area contributed by atoms with E-state index in [1.54, 1.807) is 0 Å². The quantitative estimate of drug-likeness (QED) is 0.756. The van der Waals surface area contributed by atoms with Gasteiger partial charge in [0.1, 0.15) is 5.82 Å². The van der Waals surface area contributed by atoms with E-state index in [1.165, 1.54) is 5.56 Å². The molecule has 0 saturated heterocycles. The van der Waals surface area contributed by atoms with E-state index < -0.39 is 0 Å². The fourth-order valence-electron chi connectivity index (χ4n) is 2.42. The van der Waals surface area contributed by atoms with Crippen LogP contribution >= 0.6 is 0 Å². The number of anilines is 1. The Morgan fingerprint density at radius 3 is 2.10 bits per heavy atom. The van der Waals surface area contributed by atoms with Crippen molar-refractivity contribution < 1.29 is 0 Å². The molecule has 0 bridgehead atoms. The molecule has 0 fully saturated rings. The van der Waals surface area contributed by atoms with Crippen molar-refractivity contribution in [1.29, 1.82) is 0 Å². The van der Waals surface area contributed by atoms with Crippen LogP contribution in [-0.4, -0.2) is 17.6 Å². The number of nitrogens with zero attached hydrogens (tertiary/aromatic N) is 1. The predicted octanol–water partition coefficient (Wildman–Crippen LogP) is 3.92. The number of pyridine rings is 1. The molecule has 0 aliphatic rings. The molecule has 0 saturated carbocycles. The Bertz CT molecular complexity index is 360. The van der Waals surface area contributed by atoms with Crippen LogP contribution in [0.5, 0.6) is 0 Å². The van der Waals surface area contributed by atoms with Crippen molar-refractivity contribution in [3.8, 4) is 0 Å². The Morgan fingerprint density at radius 2 is 1.65 bits per heavy atom. The first-order chi connectivity index (χ1) is 9.40. The van der Waals surface area contributed by atoms with Crippen molar-refractivity contribution in [3.63, 3.8) is 0 Å². The summed E-state index contributed by atoms with van der Waals surface area (Å²) in [6.45, 7) is 15.3. The van der Waals surface area contributed by atoms with Gasteiger partial charge >= 0.3 is 0 Å². The third kappa shape index (κ3) is 5.91. The lowest BCUT2D eigenvalue weighted by atomic mass is 9.85. The highest BCUT2D eigenvalue weighted by atomic mass is 15.0. The zero-order valence-electron chi connectivity index (χ0n) is 13.9. The zero-order chi connectivity index (χ0) is 15.1. The van der Waals surface area contributed by atoms with Gasteiger partial charge in [-0.1, -0.05) is 47.6 Å². The molecule has 0 spiro atoms. The number of rotatable bonds is 8. The lowest BCUT2D eigenvalue weighted by molar-refractivity contribution is 0.304. The van der Waals surface area contributed by atoms with E-state index >= 15 is 0 Å². The van der Waals surface area contributed by atoms with Crippen molar-refractivity contribution in [1.82, 2.24) is 10.3 Å². The van der Waals surface area contributed by atoms with Gasteiger partial charge in [0.15, 0.2) is 0 Å². The van der Waals surface area contributed by atoms with Crippen molar-refractivity contribution in [2.24, 2.45) is 17.8 Å². The molecular formula is C17H31N3. The molecule has 0 atom stereocenters. The Morgan fingerprint density at radius 1 is 1.00 bits per heavy atom. The van der Waals surface area contributed by atoms with Crippen LogP contribution in [0.4, 0.5) is 5.82 Å². The summed E-state index contributed by atoms with van der Waals surface area (Å²) in [5.41, 5.74) is 1.23. The summed E-state index contributed by atoms with van der Waals surface area (Å²) < 4.78 is 0. The highest BCUT2D eigenvalue weighted by Crippen LogP contribution is 2.20. The monoisotopic (exact) mass is 277 g/mol. The molecule has 0 radical (unpaired) electrons. The molecule has 0 amide bonds. The molecule has 0 aliphatic carbocycles. The summed E-state index contributed by atoms with van der Waals surface area (Å²) in [4.78, 5) is 4.50. The molecule has 1 rings (SSSR count). The summed E-state index contributed by atoms with van der Waals surface area (Å²) in [6, 6.07) is 4.73. The maximum atomic E-state index is 4.50. The van der Waals surface area contributed by atoms with E-state index in [9.17, 15) is 0 Å². The van der Waals surface area contributed by atoms with E-state index in [0.717, 1.165) is 18.9 Å². The van der Waals surface area contributed by atoms with E-state index in [0.29, 0.717) is 23.8 Å². The summed E-state index contributed by atoms with van der Waals surface area (Å²) in [6.07, 6.45) is 1.96. The van der Waals surface area contributed by atoms with Crippen LogP contribution in [0.1, 0.15) is 47.1 Å². The van der Waals surface area contributed by atoms with Gasteiger partial charge in [-0.25, -0.2) is 4.98 Å². The summed E-state index contributed by atoms with van der Waals surface area (Å²) in [5, 5.41) is 6.87. The standard InChI is InChI=1S/C17H31N3/c1-12(2)16(13(3)4)11-20-17-8-7-15(10-19-17)9-18-14(5)6/h7-8,10,12-14,16,18H,9,11H2,1-6H3,(H,19,20). The van der Waals surface area contributed by atoms with Gasteiger partial charge in [-0.15, -0.1) is 0 Å². The smallest absolute Gasteiger partial charge is 0.125 e. The second-order valence-corrected chi connectivity index (χ2v) is 6.62. The molecule has 0 aliphatic heterocycles. The molecule has 1 aromatic heterocycles. The van der Waals surface area contributed by atoms with E-state index in [4.69, 9.17) is 0 Å². The zero-order valence-corrected chi connectivity index (χ0v) is 13.9. The van der Waals surface area contributed by atoms with Crippen molar-refractivity contribution in [3.05, 3.63) is 23.9 Å². The SMILES string of the molecule is CC(C)NCc1ccc(NCC(C(C)C)C(C)C)nc1. The summed E-state index contributed by atoms with van der Waals surface area (Å²) in [7, 11) is 0. The van der Waals surface area contributed by atoms with Gasteiger partial charge in [-0.2, -0.15) is 0 Å². The molecule has 114 valence electrons. The first kappa shape index (κ1) is 17.0. The van der Waals surface area contributed by atoms with Crippen molar-refractivity contribution in [2.45, 2.75) is 54.1 Å². The second-order valence-electron chi connectivity index (χ2n) is 6.62. The van der Waals surface area contributed by atoms with Crippen LogP contribution in [0, 0.1) is 17.8 Å². The van der Waals surface area contributed by atoms with E-state index in [-0.39, 0.29) is 0 Å². The van der Waals surface area contributed by atoms with E-state index in [1.807, 2.05) is 6.20 Å². The minimum absolute atomic E-state index is 0.505. The van der Waals surface area contributed by atoms with Gasteiger partial charge < -0.3 is 10.6 Å². The van der Waals surface area contributed by atoms with Crippen LogP contribution in [0.2, 0.25) is 0 Å². The highest BCUT2D eigenvalue weighted by molar-refractivity contribution is 5.35. The van der Waals surface area contributed by atoms with Gasteiger partial charge in [-0.3, -0.25) is 0 Å². The lowest BCUT2D eigenvalue weighted by Crippen LogP contribution is -2.25. The third-order valence-electron chi connectivity index (χ3n) is 3.77. The maximum Gasteiger partial charge on any atom is 0.125 e. The molecule has 3 nitrogen and oxygen atoms in total. The molecule has 20 heavy (non-hydrogen) atoms. The Kier molecular flexibility index (Phi) is 7.00. The first-order valence-corrected chi connectivity index (χ1v) is 7.82. The topological polar surface area (TPSA) is 37.0 Å². The van der Waals surface area contributed by atoms with Crippen LogP contribution in [-0.2, 0) is 6.54 Å². The number of hydrogen-bond acceptors (Lipinski definition) is 3. The molecule has 2 N–H and O–H groups in total. The van der Waals surface area contributed by atoms with Gasteiger partial charge in [-0.05, 0) is 29.4 Å². The molecule has 0 aromatic carbocycles. The van der Waals surface area contributed by atoms with Gasteiger partial charge in [0, 0.05) is 25.3 Å². The molecule has 1 aromatic rings. The maximum absolute atomic E-state index is 4.50. The first-order valence-electron chi connectivity index (χ1n) is 7.82. The Hall–Kier alpha value is -1.09. The normalized spacial score (nSPS) is 11.9. The summed E-state index contributed by atoms with van der Waals surface area (Å²) in [5.74, 6) is 3.04. The number of nitrogens with one attached hydrogen (secondary N) is 2. The average molecular weight is 277 g/mol. The third-order valence-corrected chi connectivity index (χ3v) is 3.77. The minimum Gasteiger partial charge on any atom is -0.370 e. The minimum atomic E-state index is 0.505. The molecule has 3 heteroatoms. The molecular weight excluding hydrogens is 246 g/mol. The van der Waals surface area contributed by atoms with Crippen LogP contribution in [0.25, 0.3) is 0 Å². The molecule has 0 unspecified atom stereocenters. The summed E-state index contributed by atoms with van der Waals surface area (Å²) >= 11 is 0. The highest BCUT2D eigenvalue weighted by Gasteiger charge is 2.17. The molecule has 1 heterocycles. The predicted molar refractivity (Wildman–Crippen MR) is 87.9 cm³/mol. The van der Waals surface area contributed by atoms with Crippen LogP contribution in [0.3, 0.4) is 0 Å².